The topological polar surface area (TPSA) is 49.4 Å². The second kappa shape index (κ2) is 7.05. The summed E-state index contributed by atoms with van der Waals surface area (Å²) in [6, 6.07) is 12.0. The van der Waals surface area contributed by atoms with E-state index in [0.29, 0.717) is 24.2 Å². The molecule has 0 radical (unpaired) electrons. The van der Waals surface area contributed by atoms with Gasteiger partial charge in [0.05, 0.1) is 0 Å². The van der Waals surface area contributed by atoms with Crippen molar-refractivity contribution in [1.82, 2.24) is 0 Å². The number of carbonyl (C=O) groups is 2. The van der Waals surface area contributed by atoms with Gasteiger partial charge >= 0.3 is 0 Å². The molecular weight excluding hydrogens is 319 g/mol. The second-order valence-electron chi connectivity index (χ2n) is 6.30. The smallest absolute Gasteiger partial charge is 0.239 e. The maximum atomic E-state index is 13.2. The standard InChI is InChI=1S/C20H21FN2O2/c1-3-14-4-7-16(8-5-14)23-11-10-17(20(23)25)19(24)22-18-9-6-15(21)12-13(18)2/h4-9,12,17H,3,10-11H2,1-2H3,(H,22,24)/t17-/m0/s1. The van der Waals surface area contributed by atoms with Crippen LogP contribution in [-0.4, -0.2) is 18.4 Å². The van der Waals surface area contributed by atoms with Crippen molar-refractivity contribution in [3.8, 4) is 0 Å². The Bertz CT molecular complexity index is 802. The van der Waals surface area contributed by atoms with E-state index in [2.05, 4.69) is 12.2 Å². The van der Waals surface area contributed by atoms with Gasteiger partial charge in [0, 0.05) is 17.9 Å². The van der Waals surface area contributed by atoms with Crippen LogP contribution in [0, 0.1) is 18.7 Å². The predicted octanol–water partition coefficient (Wildman–Crippen LogP) is 3.69. The summed E-state index contributed by atoms with van der Waals surface area (Å²) < 4.78 is 13.2. The molecule has 1 aliphatic heterocycles. The van der Waals surface area contributed by atoms with E-state index in [1.807, 2.05) is 24.3 Å². The lowest BCUT2D eigenvalue weighted by molar-refractivity contribution is -0.129. The molecule has 0 aliphatic carbocycles. The number of carbonyl (C=O) groups excluding carboxylic acids is 2. The van der Waals surface area contributed by atoms with Gasteiger partial charge in [-0.05, 0) is 61.2 Å². The third-order valence-electron chi connectivity index (χ3n) is 4.62. The van der Waals surface area contributed by atoms with Crippen LogP contribution in [0.1, 0.15) is 24.5 Å². The van der Waals surface area contributed by atoms with Gasteiger partial charge in [-0.1, -0.05) is 19.1 Å². The van der Waals surface area contributed by atoms with Gasteiger partial charge in [0.15, 0.2) is 0 Å². The van der Waals surface area contributed by atoms with Gasteiger partial charge in [-0.3, -0.25) is 9.59 Å². The van der Waals surface area contributed by atoms with Crippen molar-refractivity contribution in [3.63, 3.8) is 0 Å². The van der Waals surface area contributed by atoms with Gasteiger partial charge in [0.2, 0.25) is 11.8 Å². The van der Waals surface area contributed by atoms with Crippen LogP contribution in [0.5, 0.6) is 0 Å². The fourth-order valence-electron chi connectivity index (χ4n) is 3.08. The number of anilines is 2. The number of nitrogens with zero attached hydrogens (tertiary/aromatic N) is 1. The molecular formula is C20H21FN2O2. The Morgan fingerprint density at radius 1 is 1.24 bits per heavy atom. The molecule has 1 atom stereocenters. The number of rotatable bonds is 4. The molecule has 0 bridgehead atoms. The van der Waals surface area contributed by atoms with Crippen LogP contribution in [0.2, 0.25) is 0 Å². The van der Waals surface area contributed by atoms with E-state index >= 15 is 0 Å². The van der Waals surface area contributed by atoms with Crippen molar-refractivity contribution >= 4 is 23.2 Å². The molecule has 1 N–H and O–H groups in total. The molecule has 1 saturated heterocycles. The SMILES string of the molecule is CCc1ccc(N2CC[C@@H](C(=O)Nc3ccc(F)cc3C)C2=O)cc1. The third-order valence-corrected chi connectivity index (χ3v) is 4.62. The molecule has 2 aromatic rings. The first-order valence-electron chi connectivity index (χ1n) is 8.47. The number of hydrogen-bond donors (Lipinski definition) is 1. The number of nitrogens with one attached hydrogen (secondary N) is 1. The van der Waals surface area contributed by atoms with Crippen LogP contribution >= 0.6 is 0 Å². The second-order valence-corrected chi connectivity index (χ2v) is 6.30. The first-order valence-corrected chi connectivity index (χ1v) is 8.47. The van der Waals surface area contributed by atoms with Crippen LogP contribution < -0.4 is 10.2 Å². The summed E-state index contributed by atoms with van der Waals surface area (Å²) in [5.74, 6) is -1.60. The van der Waals surface area contributed by atoms with E-state index in [9.17, 15) is 14.0 Å². The summed E-state index contributed by atoms with van der Waals surface area (Å²) in [6.45, 7) is 4.31. The minimum absolute atomic E-state index is 0.193. The highest BCUT2D eigenvalue weighted by molar-refractivity contribution is 6.13. The van der Waals surface area contributed by atoms with E-state index < -0.39 is 5.92 Å². The van der Waals surface area contributed by atoms with E-state index in [0.717, 1.165) is 12.1 Å². The highest BCUT2D eigenvalue weighted by Gasteiger charge is 2.37. The fraction of sp³-hybridized carbons (Fsp3) is 0.300. The van der Waals surface area contributed by atoms with Gasteiger partial charge < -0.3 is 10.2 Å². The first-order chi connectivity index (χ1) is 12.0. The summed E-state index contributed by atoms with van der Waals surface area (Å²) in [5, 5.41) is 2.75. The minimum atomic E-state index is -0.713. The lowest BCUT2D eigenvalue weighted by atomic mass is 10.1. The molecule has 0 unspecified atom stereocenters. The maximum Gasteiger partial charge on any atom is 0.239 e. The molecule has 4 nitrogen and oxygen atoms in total. The largest absolute Gasteiger partial charge is 0.325 e. The molecule has 2 aromatic carbocycles. The molecule has 1 heterocycles. The zero-order chi connectivity index (χ0) is 18.0. The van der Waals surface area contributed by atoms with E-state index in [-0.39, 0.29) is 17.6 Å². The molecule has 5 heteroatoms. The molecule has 1 aliphatic rings. The molecule has 2 amide bonds. The minimum Gasteiger partial charge on any atom is -0.325 e. The van der Waals surface area contributed by atoms with E-state index in [1.165, 1.54) is 23.8 Å². The Balaban J connectivity index is 1.71. The molecule has 0 saturated carbocycles. The molecule has 0 spiro atoms. The summed E-state index contributed by atoms with van der Waals surface area (Å²) >= 11 is 0. The maximum absolute atomic E-state index is 13.2. The number of amides is 2. The summed E-state index contributed by atoms with van der Waals surface area (Å²) in [4.78, 5) is 26.8. The van der Waals surface area contributed by atoms with Crippen molar-refractivity contribution in [2.24, 2.45) is 5.92 Å². The lowest BCUT2D eigenvalue weighted by Gasteiger charge is -2.17. The quantitative estimate of drug-likeness (QED) is 0.863. The van der Waals surface area contributed by atoms with Crippen LogP contribution in [0.3, 0.4) is 0 Å². The zero-order valence-corrected chi connectivity index (χ0v) is 14.4. The highest BCUT2D eigenvalue weighted by Crippen LogP contribution is 2.27. The summed E-state index contributed by atoms with van der Waals surface area (Å²) in [7, 11) is 0. The first kappa shape index (κ1) is 17.1. The van der Waals surface area contributed by atoms with Gasteiger partial charge in [0.1, 0.15) is 11.7 Å². The average molecular weight is 340 g/mol. The van der Waals surface area contributed by atoms with Crippen molar-refractivity contribution in [2.45, 2.75) is 26.7 Å². The monoisotopic (exact) mass is 340 g/mol. The number of halogens is 1. The van der Waals surface area contributed by atoms with E-state index in [4.69, 9.17) is 0 Å². The average Bonchev–Trinajstić information content (AvgIpc) is 2.99. The van der Waals surface area contributed by atoms with Crippen LogP contribution in [0.15, 0.2) is 42.5 Å². The Hall–Kier alpha value is -2.69. The van der Waals surface area contributed by atoms with Crippen molar-refractivity contribution < 1.29 is 14.0 Å². The van der Waals surface area contributed by atoms with Crippen LogP contribution in [0.25, 0.3) is 0 Å². The predicted molar refractivity (Wildman–Crippen MR) is 96.0 cm³/mol. The van der Waals surface area contributed by atoms with Crippen LogP contribution in [-0.2, 0) is 16.0 Å². The number of aryl methyl sites for hydroxylation is 2. The summed E-state index contributed by atoms with van der Waals surface area (Å²) in [5.41, 5.74) is 3.18. The lowest BCUT2D eigenvalue weighted by Crippen LogP contribution is -2.33. The van der Waals surface area contributed by atoms with Crippen molar-refractivity contribution in [3.05, 3.63) is 59.4 Å². The Labute approximate surface area is 146 Å². The van der Waals surface area contributed by atoms with Gasteiger partial charge in [-0.2, -0.15) is 0 Å². The normalized spacial score (nSPS) is 17.0. The van der Waals surface area contributed by atoms with E-state index in [1.54, 1.807) is 11.8 Å². The van der Waals surface area contributed by atoms with Crippen molar-refractivity contribution in [2.75, 3.05) is 16.8 Å². The molecule has 0 aromatic heterocycles. The zero-order valence-electron chi connectivity index (χ0n) is 14.4. The Morgan fingerprint density at radius 2 is 1.96 bits per heavy atom. The molecule has 130 valence electrons. The van der Waals surface area contributed by atoms with Crippen LogP contribution in [0.4, 0.5) is 15.8 Å². The Kier molecular flexibility index (Phi) is 4.83. The summed E-state index contributed by atoms with van der Waals surface area (Å²) in [6.07, 6.45) is 1.41. The molecule has 1 fully saturated rings. The molecule has 3 rings (SSSR count). The molecule has 25 heavy (non-hydrogen) atoms. The van der Waals surface area contributed by atoms with Crippen molar-refractivity contribution in [1.29, 1.82) is 0 Å². The third kappa shape index (κ3) is 3.55. The number of hydrogen-bond acceptors (Lipinski definition) is 2. The number of benzene rings is 2. The van der Waals surface area contributed by atoms with Gasteiger partial charge in [-0.25, -0.2) is 4.39 Å². The fourth-order valence-corrected chi connectivity index (χ4v) is 3.08. The van der Waals surface area contributed by atoms with Gasteiger partial charge in [0.25, 0.3) is 0 Å². The highest BCUT2D eigenvalue weighted by atomic mass is 19.1. The Morgan fingerprint density at radius 3 is 2.60 bits per heavy atom. The van der Waals surface area contributed by atoms with Gasteiger partial charge in [-0.15, -0.1) is 0 Å².